The van der Waals surface area contributed by atoms with Gasteiger partial charge in [-0.3, -0.25) is 4.68 Å². The Morgan fingerprint density at radius 3 is 3.00 bits per heavy atom. The SMILES string of the molecule is CCC(NCCn1cc(C)cn1)c1cccs1. The Hall–Kier alpha value is -1.13. The van der Waals surface area contributed by atoms with Gasteiger partial charge >= 0.3 is 0 Å². The van der Waals surface area contributed by atoms with Crippen molar-refractivity contribution in [2.45, 2.75) is 32.9 Å². The van der Waals surface area contributed by atoms with Gasteiger partial charge in [0, 0.05) is 23.7 Å². The van der Waals surface area contributed by atoms with Gasteiger partial charge in [0.1, 0.15) is 0 Å². The fourth-order valence-corrected chi connectivity index (χ4v) is 2.76. The molecule has 0 spiro atoms. The van der Waals surface area contributed by atoms with Gasteiger partial charge in [0.2, 0.25) is 0 Å². The Morgan fingerprint density at radius 1 is 1.53 bits per heavy atom. The second kappa shape index (κ2) is 5.98. The summed E-state index contributed by atoms with van der Waals surface area (Å²) >= 11 is 1.82. The van der Waals surface area contributed by atoms with E-state index in [0.29, 0.717) is 6.04 Å². The summed E-state index contributed by atoms with van der Waals surface area (Å²) in [7, 11) is 0. The van der Waals surface area contributed by atoms with Crippen LogP contribution in [0.2, 0.25) is 0 Å². The molecule has 1 N–H and O–H groups in total. The molecule has 0 aromatic carbocycles. The van der Waals surface area contributed by atoms with Gasteiger partial charge in [0.25, 0.3) is 0 Å². The minimum Gasteiger partial charge on any atom is -0.307 e. The highest BCUT2D eigenvalue weighted by Gasteiger charge is 2.08. The quantitative estimate of drug-likeness (QED) is 0.853. The smallest absolute Gasteiger partial charge is 0.0534 e. The van der Waals surface area contributed by atoms with Crippen LogP contribution < -0.4 is 5.32 Å². The highest BCUT2D eigenvalue weighted by Crippen LogP contribution is 2.21. The molecule has 1 atom stereocenters. The van der Waals surface area contributed by atoms with Crippen LogP contribution in [0.3, 0.4) is 0 Å². The lowest BCUT2D eigenvalue weighted by atomic mass is 10.2. The summed E-state index contributed by atoms with van der Waals surface area (Å²) in [5.41, 5.74) is 1.22. The Labute approximate surface area is 106 Å². The fourth-order valence-electron chi connectivity index (χ4n) is 1.88. The molecule has 0 saturated heterocycles. The summed E-state index contributed by atoms with van der Waals surface area (Å²) in [5.74, 6) is 0. The van der Waals surface area contributed by atoms with Gasteiger partial charge in [-0.25, -0.2) is 0 Å². The molecule has 92 valence electrons. The lowest BCUT2D eigenvalue weighted by Crippen LogP contribution is -2.24. The van der Waals surface area contributed by atoms with E-state index >= 15 is 0 Å². The van der Waals surface area contributed by atoms with Gasteiger partial charge in [-0.2, -0.15) is 5.10 Å². The zero-order valence-corrected chi connectivity index (χ0v) is 11.2. The van der Waals surface area contributed by atoms with E-state index in [4.69, 9.17) is 0 Å². The van der Waals surface area contributed by atoms with E-state index in [0.717, 1.165) is 19.5 Å². The number of aryl methyl sites for hydroxylation is 1. The minimum atomic E-state index is 0.478. The predicted octanol–water partition coefficient (Wildman–Crippen LogP) is 2.99. The molecule has 3 nitrogen and oxygen atoms in total. The maximum atomic E-state index is 4.28. The number of hydrogen-bond donors (Lipinski definition) is 1. The summed E-state index contributed by atoms with van der Waals surface area (Å²) in [6.45, 7) is 6.17. The van der Waals surface area contributed by atoms with Crippen molar-refractivity contribution in [3.05, 3.63) is 40.3 Å². The average molecular weight is 249 g/mol. The molecule has 0 saturated carbocycles. The molecule has 2 aromatic rings. The lowest BCUT2D eigenvalue weighted by Gasteiger charge is -2.15. The second-order valence-electron chi connectivity index (χ2n) is 4.21. The predicted molar refractivity (Wildman–Crippen MR) is 72.3 cm³/mol. The van der Waals surface area contributed by atoms with Crippen LogP contribution in [0, 0.1) is 6.92 Å². The van der Waals surface area contributed by atoms with Crippen LogP contribution in [-0.4, -0.2) is 16.3 Å². The largest absolute Gasteiger partial charge is 0.307 e. The van der Waals surface area contributed by atoms with Crippen molar-refractivity contribution in [2.75, 3.05) is 6.54 Å². The minimum absolute atomic E-state index is 0.478. The van der Waals surface area contributed by atoms with Crippen LogP contribution in [0.5, 0.6) is 0 Å². The van der Waals surface area contributed by atoms with E-state index in [2.05, 4.69) is 48.0 Å². The highest BCUT2D eigenvalue weighted by molar-refractivity contribution is 7.10. The molecular weight excluding hydrogens is 230 g/mol. The molecule has 0 radical (unpaired) electrons. The van der Waals surface area contributed by atoms with Crippen LogP contribution in [0.1, 0.15) is 29.8 Å². The maximum Gasteiger partial charge on any atom is 0.0534 e. The van der Waals surface area contributed by atoms with E-state index in [-0.39, 0.29) is 0 Å². The molecule has 2 heterocycles. The third kappa shape index (κ3) is 3.41. The average Bonchev–Trinajstić information content (AvgIpc) is 2.96. The second-order valence-corrected chi connectivity index (χ2v) is 5.19. The molecule has 0 fully saturated rings. The van der Waals surface area contributed by atoms with Crippen molar-refractivity contribution in [1.82, 2.24) is 15.1 Å². The van der Waals surface area contributed by atoms with Crippen LogP contribution >= 0.6 is 11.3 Å². The van der Waals surface area contributed by atoms with Crippen molar-refractivity contribution in [2.24, 2.45) is 0 Å². The lowest BCUT2D eigenvalue weighted by molar-refractivity contribution is 0.481. The van der Waals surface area contributed by atoms with E-state index in [1.165, 1.54) is 10.4 Å². The van der Waals surface area contributed by atoms with E-state index in [9.17, 15) is 0 Å². The van der Waals surface area contributed by atoms with Crippen LogP contribution in [0.25, 0.3) is 0 Å². The van der Waals surface area contributed by atoms with Gasteiger partial charge in [-0.1, -0.05) is 13.0 Å². The van der Waals surface area contributed by atoms with Crippen molar-refractivity contribution >= 4 is 11.3 Å². The van der Waals surface area contributed by atoms with Gasteiger partial charge < -0.3 is 5.32 Å². The molecule has 0 aliphatic rings. The molecule has 2 rings (SSSR count). The molecule has 1 unspecified atom stereocenters. The molecular formula is C13H19N3S. The number of aromatic nitrogens is 2. The number of rotatable bonds is 6. The fraction of sp³-hybridized carbons (Fsp3) is 0.462. The summed E-state index contributed by atoms with van der Waals surface area (Å²) in [6, 6.07) is 4.79. The summed E-state index contributed by atoms with van der Waals surface area (Å²) in [6.07, 6.45) is 5.10. The number of nitrogens with one attached hydrogen (secondary N) is 1. The zero-order valence-electron chi connectivity index (χ0n) is 10.4. The first kappa shape index (κ1) is 12.3. The third-order valence-electron chi connectivity index (χ3n) is 2.79. The molecule has 2 aromatic heterocycles. The monoisotopic (exact) mass is 249 g/mol. The standard InChI is InChI=1S/C13H19N3S/c1-3-12(13-5-4-8-17-13)14-6-7-16-10-11(2)9-15-16/h4-5,8-10,12,14H,3,6-7H2,1-2H3. The summed E-state index contributed by atoms with van der Waals surface area (Å²) in [4.78, 5) is 1.42. The number of hydrogen-bond acceptors (Lipinski definition) is 3. The Morgan fingerprint density at radius 2 is 2.41 bits per heavy atom. The zero-order chi connectivity index (χ0) is 12.1. The molecule has 0 aliphatic carbocycles. The molecule has 0 bridgehead atoms. The van der Waals surface area contributed by atoms with E-state index < -0.39 is 0 Å². The van der Waals surface area contributed by atoms with Crippen LogP contribution in [0.4, 0.5) is 0 Å². The van der Waals surface area contributed by atoms with Crippen molar-refractivity contribution in [1.29, 1.82) is 0 Å². The van der Waals surface area contributed by atoms with Gasteiger partial charge in [0.15, 0.2) is 0 Å². The van der Waals surface area contributed by atoms with Gasteiger partial charge in [-0.05, 0) is 30.4 Å². The topological polar surface area (TPSA) is 29.9 Å². The van der Waals surface area contributed by atoms with Crippen LogP contribution in [0.15, 0.2) is 29.9 Å². The van der Waals surface area contributed by atoms with Crippen LogP contribution in [-0.2, 0) is 6.54 Å². The summed E-state index contributed by atoms with van der Waals surface area (Å²) < 4.78 is 1.99. The summed E-state index contributed by atoms with van der Waals surface area (Å²) in [5, 5.41) is 10.00. The first-order valence-corrected chi connectivity index (χ1v) is 6.93. The van der Waals surface area contributed by atoms with E-state index in [1.807, 2.05) is 22.2 Å². The molecule has 17 heavy (non-hydrogen) atoms. The molecule has 0 amide bonds. The van der Waals surface area contributed by atoms with Gasteiger partial charge in [-0.15, -0.1) is 11.3 Å². The Bertz CT molecular complexity index is 433. The Kier molecular flexibility index (Phi) is 4.34. The van der Waals surface area contributed by atoms with Crippen molar-refractivity contribution in [3.8, 4) is 0 Å². The normalized spacial score (nSPS) is 12.8. The third-order valence-corrected chi connectivity index (χ3v) is 3.77. The van der Waals surface area contributed by atoms with Crippen molar-refractivity contribution < 1.29 is 0 Å². The molecule has 4 heteroatoms. The highest BCUT2D eigenvalue weighted by atomic mass is 32.1. The Balaban J connectivity index is 1.81. The van der Waals surface area contributed by atoms with Crippen molar-refractivity contribution in [3.63, 3.8) is 0 Å². The number of thiophene rings is 1. The molecule has 0 aliphatic heterocycles. The van der Waals surface area contributed by atoms with Gasteiger partial charge in [0.05, 0.1) is 12.7 Å². The van der Waals surface area contributed by atoms with E-state index in [1.54, 1.807) is 0 Å². The number of nitrogens with zero attached hydrogens (tertiary/aromatic N) is 2. The first-order valence-electron chi connectivity index (χ1n) is 6.05. The first-order chi connectivity index (χ1) is 8.29. The maximum absolute atomic E-state index is 4.28.